The summed E-state index contributed by atoms with van der Waals surface area (Å²) in [4.78, 5) is 12.1. The largest absolute Gasteiger partial charge is 0.466 e. The molecule has 3 heteroatoms. The maximum absolute atomic E-state index is 12.1. The first-order chi connectivity index (χ1) is 9.60. The molecule has 0 spiro atoms. The first-order valence-electron chi connectivity index (χ1n) is 7.03. The smallest absolute Gasteiger partial charge is 0.251 e. The molecule has 0 unspecified atom stereocenters. The molecule has 0 aliphatic rings. The molecule has 0 aliphatic heterocycles. The Morgan fingerprint density at radius 3 is 2.45 bits per heavy atom. The van der Waals surface area contributed by atoms with Crippen LogP contribution >= 0.6 is 0 Å². The van der Waals surface area contributed by atoms with E-state index in [0.29, 0.717) is 12.1 Å². The zero-order valence-corrected chi connectivity index (χ0v) is 12.3. The molecule has 1 heterocycles. The molecule has 1 amide bonds. The summed E-state index contributed by atoms with van der Waals surface area (Å²) >= 11 is 0. The quantitative estimate of drug-likeness (QED) is 0.899. The summed E-state index contributed by atoms with van der Waals surface area (Å²) in [7, 11) is 0. The number of hydrogen-bond acceptors (Lipinski definition) is 2. The van der Waals surface area contributed by atoms with Crippen molar-refractivity contribution in [3.8, 4) is 0 Å². The number of furan rings is 1. The van der Waals surface area contributed by atoms with Crippen LogP contribution in [0.1, 0.15) is 46.3 Å². The summed E-state index contributed by atoms with van der Waals surface area (Å²) in [6.07, 6.45) is 2.17. The predicted octanol–water partition coefficient (Wildman–Crippen LogP) is 3.78. The number of carbonyl (C=O) groups excluding carboxylic acids is 1. The lowest BCUT2D eigenvalue weighted by Crippen LogP contribution is -2.22. The van der Waals surface area contributed by atoms with Gasteiger partial charge in [-0.1, -0.05) is 25.5 Å². The molecule has 2 rings (SSSR count). The third-order valence-electron chi connectivity index (χ3n) is 3.34. The van der Waals surface area contributed by atoms with Crippen LogP contribution in [0.2, 0.25) is 0 Å². The first kappa shape index (κ1) is 14.4. The second-order valence-electron chi connectivity index (χ2n) is 5.07. The van der Waals surface area contributed by atoms with Crippen molar-refractivity contribution in [2.45, 2.75) is 40.2 Å². The van der Waals surface area contributed by atoms with E-state index in [-0.39, 0.29) is 5.91 Å². The molecule has 0 saturated carbocycles. The minimum atomic E-state index is -0.0497. The van der Waals surface area contributed by atoms with Crippen molar-refractivity contribution in [1.82, 2.24) is 5.32 Å². The van der Waals surface area contributed by atoms with Gasteiger partial charge < -0.3 is 9.73 Å². The molecule has 0 radical (unpaired) electrons. The van der Waals surface area contributed by atoms with E-state index in [1.54, 1.807) is 0 Å². The molecule has 0 fully saturated rings. The van der Waals surface area contributed by atoms with Gasteiger partial charge in [0.25, 0.3) is 5.91 Å². The Kier molecular flexibility index (Phi) is 4.61. The molecule has 106 valence electrons. The van der Waals surface area contributed by atoms with Crippen molar-refractivity contribution in [3.05, 3.63) is 58.5 Å². The van der Waals surface area contributed by atoms with E-state index >= 15 is 0 Å². The minimum Gasteiger partial charge on any atom is -0.466 e. The van der Waals surface area contributed by atoms with Gasteiger partial charge in [-0.25, -0.2) is 0 Å². The monoisotopic (exact) mass is 271 g/mol. The molecule has 0 saturated heterocycles. The molecule has 3 nitrogen and oxygen atoms in total. The minimum absolute atomic E-state index is 0.0497. The lowest BCUT2D eigenvalue weighted by atomic mass is 10.1. The number of nitrogens with one attached hydrogen (secondary N) is 1. The van der Waals surface area contributed by atoms with Gasteiger partial charge in [0.1, 0.15) is 11.5 Å². The maximum Gasteiger partial charge on any atom is 0.251 e. The topological polar surface area (TPSA) is 42.2 Å². The van der Waals surface area contributed by atoms with Gasteiger partial charge in [0.05, 0.1) is 0 Å². The Morgan fingerprint density at radius 1 is 1.20 bits per heavy atom. The van der Waals surface area contributed by atoms with Crippen molar-refractivity contribution in [2.75, 3.05) is 0 Å². The molecule has 0 aliphatic carbocycles. The molecule has 0 bridgehead atoms. The third kappa shape index (κ3) is 3.50. The van der Waals surface area contributed by atoms with Gasteiger partial charge in [-0.2, -0.15) is 0 Å². The molecule has 2 aromatic rings. The summed E-state index contributed by atoms with van der Waals surface area (Å²) < 4.78 is 5.44. The second kappa shape index (κ2) is 6.42. The van der Waals surface area contributed by atoms with Crippen molar-refractivity contribution in [3.63, 3.8) is 0 Å². The van der Waals surface area contributed by atoms with E-state index in [0.717, 1.165) is 29.9 Å². The fourth-order valence-electron chi connectivity index (χ4n) is 2.25. The highest BCUT2D eigenvalue weighted by Crippen LogP contribution is 2.13. The number of amides is 1. The third-order valence-corrected chi connectivity index (χ3v) is 3.34. The molecule has 1 aromatic carbocycles. The molecule has 1 aromatic heterocycles. The summed E-state index contributed by atoms with van der Waals surface area (Å²) in [5, 5.41) is 2.92. The van der Waals surface area contributed by atoms with Crippen LogP contribution in [-0.4, -0.2) is 5.91 Å². The molecule has 20 heavy (non-hydrogen) atoms. The number of carbonyl (C=O) groups is 1. The molecule has 1 N–H and O–H groups in total. The van der Waals surface area contributed by atoms with E-state index in [9.17, 15) is 4.79 Å². The van der Waals surface area contributed by atoms with Gasteiger partial charge in [0, 0.05) is 17.7 Å². The molecular formula is C17H21NO2. The summed E-state index contributed by atoms with van der Waals surface area (Å²) in [6, 6.07) is 9.76. The molecule has 0 atom stereocenters. The number of hydrogen-bond donors (Lipinski definition) is 1. The van der Waals surface area contributed by atoms with E-state index in [4.69, 9.17) is 4.42 Å². The van der Waals surface area contributed by atoms with E-state index in [2.05, 4.69) is 12.2 Å². The normalized spacial score (nSPS) is 10.6. The predicted molar refractivity (Wildman–Crippen MR) is 79.8 cm³/mol. The zero-order valence-electron chi connectivity index (χ0n) is 12.3. The number of aryl methyl sites for hydroxylation is 3. The van der Waals surface area contributed by atoms with Crippen molar-refractivity contribution < 1.29 is 9.21 Å². The first-order valence-corrected chi connectivity index (χ1v) is 7.03. The van der Waals surface area contributed by atoms with Gasteiger partial charge in [-0.05, 0) is 44.0 Å². The highest BCUT2D eigenvalue weighted by Gasteiger charge is 2.08. The number of benzene rings is 1. The molecular weight excluding hydrogens is 250 g/mol. The Hall–Kier alpha value is -2.03. The summed E-state index contributed by atoms with van der Waals surface area (Å²) in [6.45, 7) is 6.47. The maximum atomic E-state index is 12.1. The lowest BCUT2D eigenvalue weighted by Gasteiger charge is -2.05. The van der Waals surface area contributed by atoms with Gasteiger partial charge >= 0.3 is 0 Å². The average Bonchev–Trinajstić information content (AvgIpc) is 2.75. The highest BCUT2D eigenvalue weighted by atomic mass is 16.3. The van der Waals surface area contributed by atoms with Crippen LogP contribution in [-0.2, 0) is 13.0 Å². The van der Waals surface area contributed by atoms with Crippen molar-refractivity contribution in [2.24, 2.45) is 0 Å². The van der Waals surface area contributed by atoms with Gasteiger partial charge in [-0.3, -0.25) is 4.79 Å². The van der Waals surface area contributed by atoms with Crippen LogP contribution < -0.4 is 5.32 Å². The van der Waals surface area contributed by atoms with Gasteiger partial charge in [0.15, 0.2) is 0 Å². The fourth-order valence-corrected chi connectivity index (χ4v) is 2.25. The fraction of sp³-hybridized carbons (Fsp3) is 0.353. The Bertz CT molecular complexity index is 582. The van der Waals surface area contributed by atoms with Crippen LogP contribution in [0.3, 0.4) is 0 Å². The van der Waals surface area contributed by atoms with Crippen LogP contribution in [0.15, 0.2) is 34.7 Å². The van der Waals surface area contributed by atoms with Crippen molar-refractivity contribution in [1.29, 1.82) is 0 Å². The summed E-state index contributed by atoms with van der Waals surface area (Å²) in [5.74, 6) is 1.68. The lowest BCUT2D eigenvalue weighted by molar-refractivity contribution is 0.0951. The van der Waals surface area contributed by atoms with E-state index < -0.39 is 0 Å². The Balaban J connectivity index is 1.96. The average molecular weight is 271 g/mol. The van der Waals surface area contributed by atoms with Crippen LogP contribution in [0.5, 0.6) is 0 Å². The second-order valence-corrected chi connectivity index (χ2v) is 5.07. The SMILES string of the molecule is CCCc1ccc(C(=O)NCc2cc(C)oc2C)cc1. The van der Waals surface area contributed by atoms with Crippen LogP contribution in [0, 0.1) is 13.8 Å². The standard InChI is InChI=1S/C17H21NO2/c1-4-5-14-6-8-15(9-7-14)17(19)18-11-16-10-12(2)20-13(16)3/h6-10H,4-5,11H2,1-3H3,(H,18,19). The number of rotatable bonds is 5. The van der Waals surface area contributed by atoms with Crippen LogP contribution in [0.4, 0.5) is 0 Å². The van der Waals surface area contributed by atoms with E-state index in [1.807, 2.05) is 44.2 Å². The highest BCUT2D eigenvalue weighted by molar-refractivity contribution is 5.94. The zero-order chi connectivity index (χ0) is 14.5. The Morgan fingerprint density at radius 2 is 1.90 bits per heavy atom. The van der Waals surface area contributed by atoms with Crippen LogP contribution in [0.25, 0.3) is 0 Å². The Labute approximate surface area is 120 Å². The van der Waals surface area contributed by atoms with Crippen molar-refractivity contribution >= 4 is 5.91 Å². The van der Waals surface area contributed by atoms with E-state index in [1.165, 1.54) is 5.56 Å². The van der Waals surface area contributed by atoms with Gasteiger partial charge in [-0.15, -0.1) is 0 Å². The summed E-state index contributed by atoms with van der Waals surface area (Å²) in [5.41, 5.74) is 2.99. The van der Waals surface area contributed by atoms with Gasteiger partial charge in [0.2, 0.25) is 0 Å².